The van der Waals surface area contributed by atoms with Crippen LogP contribution in [-0.2, 0) is 4.79 Å². The third-order valence-electron chi connectivity index (χ3n) is 2.24. The van der Waals surface area contributed by atoms with E-state index in [4.69, 9.17) is 34.0 Å². The highest BCUT2D eigenvalue weighted by Gasteiger charge is 2.18. The molecule has 0 saturated carbocycles. The van der Waals surface area contributed by atoms with Gasteiger partial charge in [0.15, 0.2) is 5.16 Å². The van der Waals surface area contributed by atoms with Gasteiger partial charge in [-0.2, -0.15) is 0 Å². The maximum Gasteiger partial charge on any atom is 0.313 e. The molecule has 0 saturated heterocycles. The van der Waals surface area contributed by atoms with Crippen LogP contribution in [0.1, 0.15) is 0 Å². The van der Waals surface area contributed by atoms with Gasteiger partial charge < -0.3 is 10.8 Å². The molecule has 3 N–H and O–H groups in total. The van der Waals surface area contributed by atoms with Crippen LogP contribution in [0.2, 0.25) is 10.0 Å². The van der Waals surface area contributed by atoms with E-state index in [0.29, 0.717) is 20.3 Å². The summed E-state index contributed by atoms with van der Waals surface area (Å²) in [5.74, 6) is -1.04. The zero-order valence-corrected chi connectivity index (χ0v) is 13.6. The number of hydrogen-bond donors (Lipinski definition) is 2. The molecule has 0 aliphatic rings. The predicted octanol–water partition coefficient (Wildman–Crippen LogP) is 3.10. The average molecular weight is 398 g/mol. The Morgan fingerprint density at radius 1 is 1.40 bits per heavy atom. The lowest BCUT2D eigenvalue weighted by Crippen LogP contribution is -2.05. The van der Waals surface area contributed by atoms with Crippen molar-refractivity contribution >= 4 is 62.8 Å². The summed E-state index contributed by atoms with van der Waals surface area (Å²) in [7, 11) is 0. The molecule has 6 nitrogen and oxygen atoms in total. The molecule has 0 aliphatic heterocycles. The summed E-state index contributed by atoms with van der Waals surface area (Å²) in [6.45, 7) is 0. The maximum atomic E-state index is 10.6. The van der Waals surface area contributed by atoms with E-state index < -0.39 is 5.97 Å². The zero-order chi connectivity index (χ0) is 14.9. The van der Waals surface area contributed by atoms with E-state index in [0.717, 1.165) is 11.8 Å². The minimum absolute atomic E-state index is 0.0955. The first-order chi connectivity index (χ1) is 9.41. The van der Waals surface area contributed by atoms with Crippen molar-refractivity contribution < 1.29 is 9.90 Å². The molecule has 1 aromatic carbocycles. The van der Waals surface area contributed by atoms with Crippen molar-refractivity contribution in [2.75, 3.05) is 11.5 Å². The van der Waals surface area contributed by atoms with Crippen LogP contribution < -0.4 is 5.73 Å². The van der Waals surface area contributed by atoms with Crippen molar-refractivity contribution in [2.24, 2.45) is 0 Å². The Morgan fingerprint density at radius 3 is 2.75 bits per heavy atom. The SMILES string of the molecule is Nc1nnc(SCC(=O)O)n1-c1ccc(Br)c(Cl)c1Cl. The number of anilines is 1. The van der Waals surface area contributed by atoms with E-state index in [1.807, 2.05) is 0 Å². The van der Waals surface area contributed by atoms with Gasteiger partial charge in [0.25, 0.3) is 0 Å². The second-order valence-corrected chi connectivity index (χ2v) is 6.11. The number of hydrogen-bond acceptors (Lipinski definition) is 5. The molecule has 1 aromatic heterocycles. The third kappa shape index (κ3) is 3.03. The summed E-state index contributed by atoms with van der Waals surface area (Å²) in [6.07, 6.45) is 0. The van der Waals surface area contributed by atoms with E-state index in [1.165, 1.54) is 4.57 Å². The van der Waals surface area contributed by atoms with Crippen LogP contribution >= 0.6 is 50.9 Å². The highest BCUT2D eigenvalue weighted by atomic mass is 79.9. The molecular formula is C10H7BrCl2N4O2S. The number of aromatic nitrogens is 3. The van der Waals surface area contributed by atoms with Crippen LogP contribution in [0.25, 0.3) is 5.69 Å². The molecule has 0 spiro atoms. The number of carboxylic acid groups (broad SMARTS) is 1. The standard InChI is InChI=1S/C10H7BrCl2N4O2S/c11-4-1-2-5(8(13)7(4)12)17-9(14)15-16-10(17)20-3-6(18)19/h1-2H,3H2,(H2,14,15)(H,18,19). The van der Waals surface area contributed by atoms with Crippen LogP contribution in [0.5, 0.6) is 0 Å². The number of carboxylic acids is 1. The monoisotopic (exact) mass is 396 g/mol. The van der Waals surface area contributed by atoms with Crippen molar-refractivity contribution in [1.29, 1.82) is 0 Å². The summed E-state index contributed by atoms with van der Waals surface area (Å²) < 4.78 is 2.09. The minimum Gasteiger partial charge on any atom is -0.481 e. The maximum absolute atomic E-state index is 10.6. The fourth-order valence-electron chi connectivity index (χ4n) is 1.42. The summed E-state index contributed by atoms with van der Waals surface area (Å²) >= 11 is 16.5. The van der Waals surface area contributed by atoms with E-state index in [1.54, 1.807) is 12.1 Å². The molecule has 0 radical (unpaired) electrons. The predicted molar refractivity (Wildman–Crippen MR) is 81.9 cm³/mol. The largest absolute Gasteiger partial charge is 0.481 e. The number of nitrogen functional groups attached to an aromatic ring is 1. The third-order valence-corrected chi connectivity index (χ3v) is 4.91. The smallest absolute Gasteiger partial charge is 0.313 e. The lowest BCUT2D eigenvalue weighted by molar-refractivity contribution is -0.133. The zero-order valence-electron chi connectivity index (χ0n) is 9.68. The number of aliphatic carboxylic acids is 1. The number of thioether (sulfide) groups is 1. The van der Waals surface area contributed by atoms with E-state index in [9.17, 15) is 4.79 Å². The molecule has 20 heavy (non-hydrogen) atoms. The van der Waals surface area contributed by atoms with Crippen LogP contribution in [0.4, 0.5) is 5.95 Å². The number of carbonyl (C=O) groups is 1. The van der Waals surface area contributed by atoms with Gasteiger partial charge in [-0.05, 0) is 28.1 Å². The van der Waals surface area contributed by atoms with Gasteiger partial charge in [-0.1, -0.05) is 35.0 Å². The Balaban J connectivity index is 2.50. The summed E-state index contributed by atoms with van der Waals surface area (Å²) in [4.78, 5) is 10.6. The van der Waals surface area contributed by atoms with Crippen LogP contribution in [0.3, 0.4) is 0 Å². The molecule has 0 atom stereocenters. The first-order valence-corrected chi connectivity index (χ1v) is 7.64. The summed E-state index contributed by atoms with van der Waals surface area (Å²) in [5, 5.41) is 17.2. The van der Waals surface area contributed by atoms with Crippen molar-refractivity contribution in [3.8, 4) is 5.69 Å². The van der Waals surface area contributed by atoms with E-state index in [2.05, 4.69) is 26.1 Å². The van der Waals surface area contributed by atoms with Gasteiger partial charge in [0, 0.05) is 4.47 Å². The average Bonchev–Trinajstić information content (AvgIpc) is 2.75. The molecule has 0 bridgehead atoms. The fourth-order valence-corrected chi connectivity index (χ4v) is 2.94. The molecule has 106 valence electrons. The molecule has 0 unspecified atom stereocenters. The molecule has 0 amide bonds. The second-order valence-electron chi connectivity index (χ2n) is 3.55. The van der Waals surface area contributed by atoms with Crippen LogP contribution in [-0.4, -0.2) is 31.6 Å². The van der Waals surface area contributed by atoms with Gasteiger partial charge >= 0.3 is 5.97 Å². The van der Waals surface area contributed by atoms with Crippen molar-refractivity contribution in [3.05, 3.63) is 26.7 Å². The lowest BCUT2D eigenvalue weighted by atomic mass is 10.3. The number of halogens is 3. The Labute approximate surface area is 136 Å². The summed E-state index contributed by atoms with van der Waals surface area (Å²) in [6, 6.07) is 3.39. The molecule has 0 fully saturated rings. The normalized spacial score (nSPS) is 10.8. The Hall–Kier alpha value is -0.960. The van der Waals surface area contributed by atoms with Crippen molar-refractivity contribution in [1.82, 2.24) is 14.8 Å². The van der Waals surface area contributed by atoms with Crippen LogP contribution in [0, 0.1) is 0 Å². The van der Waals surface area contributed by atoms with Gasteiger partial charge in [0.1, 0.15) is 0 Å². The van der Waals surface area contributed by atoms with Crippen LogP contribution in [0.15, 0.2) is 21.8 Å². The van der Waals surface area contributed by atoms with Gasteiger partial charge in [0.2, 0.25) is 5.95 Å². The number of nitrogens with two attached hydrogens (primary N) is 1. The second kappa shape index (κ2) is 6.21. The number of rotatable bonds is 4. The number of nitrogens with zero attached hydrogens (tertiary/aromatic N) is 3. The highest BCUT2D eigenvalue weighted by molar-refractivity contribution is 9.10. The number of benzene rings is 1. The Kier molecular flexibility index (Phi) is 4.79. The molecule has 0 aliphatic carbocycles. The Bertz CT molecular complexity index is 680. The quantitative estimate of drug-likeness (QED) is 0.608. The Morgan fingerprint density at radius 2 is 2.10 bits per heavy atom. The van der Waals surface area contributed by atoms with Gasteiger partial charge in [-0.3, -0.25) is 9.36 Å². The topological polar surface area (TPSA) is 94.0 Å². The minimum atomic E-state index is -0.969. The van der Waals surface area contributed by atoms with Crippen molar-refractivity contribution in [2.45, 2.75) is 5.16 Å². The van der Waals surface area contributed by atoms with Gasteiger partial charge in [-0.25, -0.2) is 0 Å². The molecule has 10 heteroatoms. The first-order valence-electron chi connectivity index (χ1n) is 5.11. The van der Waals surface area contributed by atoms with Gasteiger partial charge in [0.05, 0.1) is 21.5 Å². The molecule has 2 aromatic rings. The highest BCUT2D eigenvalue weighted by Crippen LogP contribution is 2.37. The molecular weight excluding hydrogens is 391 g/mol. The van der Waals surface area contributed by atoms with E-state index >= 15 is 0 Å². The fraction of sp³-hybridized carbons (Fsp3) is 0.100. The summed E-state index contributed by atoms with van der Waals surface area (Å²) in [5.41, 5.74) is 6.23. The van der Waals surface area contributed by atoms with E-state index in [-0.39, 0.29) is 16.7 Å². The van der Waals surface area contributed by atoms with Gasteiger partial charge in [-0.15, -0.1) is 10.2 Å². The first kappa shape index (κ1) is 15.4. The van der Waals surface area contributed by atoms with Crippen molar-refractivity contribution in [3.63, 3.8) is 0 Å². The molecule has 1 heterocycles. The lowest BCUT2D eigenvalue weighted by Gasteiger charge is -2.11. The molecule has 2 rings (SSSR count).